The van der Waals surface area contributed by atoms with Gasteiger partial charge >= 0.3 is 0 Å². The summed E-state index contributed by atoms with van der Waals surface area (Å²) in [5.74, 6) is 0. The minimum absolute atomic E-state index is 0.558. The van der Waals surface area contributed by atoms with Gasteiger partial charge in [0, 0.05) is 5.39 Å². The van der Waals surface area contributed by atoms with E-state index in [1.54, 1.807) is 6.26 Å². The first-order chi connectivity index (χ1) is 5.38. The number of fused-ring (bicyclic) bond motifs is 1. The van der Waals surface area contributed by atoms with Gasteiger partial charge in [-0.25, -0.2) is 0 Å². The quantitative estimate of drug-likeness (QED) is 0.552. The van der Waals surface area contributed by atoms with Crippen LogP contribution in [-0.4, -0.2) is 0 Å². The molecule has 0 aliphatic rings. The molecule has 1 aromatic heterocycles. The predicted molar refractivity (Wildman–Crippen MR) is 47.0 cm³/mol. The molecule has 11 heavy (non-hydrogen) atoms. The smallest absolute Gasteiger partial charge is 0.197 e. The molecule has 0 amide bonds. The van der Waals surface area contributed by atoms with E-state index < -0.39 is 0 Å². The highest BCUT2D eigenvalue weighted by atomic mass is 32.1. The van der Waals surface area contributed by atoms with Crippen molar-refractivity contribution < 1.29 is 4.42 Å². The Morgan fingerprint density at radius 1 is 1.09 bits per heavy atom. The number of hydrogen-bond acceptors (Lipinski definition) is 2. The molecule has 0 aliphatic heterocycles. The van der Waals surface area contributed by atoms with Gasteiger partial charge in [-0.2, -0.15) is 0 Å². The van der Waals surface area contributed by atoms with Gasteiger partial charge in [-0.1, -0.05) is 18.2 Å². The van der Waals surface area contributed by atoms with E-state index in [-0.39, 0.29) is 0 Å². The molecule has 1 aromatic carbocycles. The van der Waals surface area contributed by atoms with E-state index in [1.807, 2.05) is 30.3 Å². The second-order valence-electron chi connectivity index (χ2n) is 2.30. The molecule has 0 atom stereocenters. The highest BCUT2D eigenvalue weighted by Gasteiger charge is 1.91. The van der Waals surface area contributed by atoms with Crippen molar-refractivity contribution in [1.29, 1.82) is 0 Å². The van der Waals surface area contributed by atoms with Crippen LogP contribution in [0.5, 0.6) is 0 Å². The van der Waals surface area contributed by atoms with Crippen molar-refractivity contribution in [2.75, 3.05) is 0 Å². The molecule has 0 saturated carbocycles. The van der Waals surface area contributed by atoms with Gasteiger partial charge in [0.2, 0.25) is 0 Å². The average molecular weight is 162 g/mol. The molecular weight excluding hydrogens is 156 g/mol. The maximum atomic E-state index is 5.06. The van der Waals surface area contributed by atoms with Crippen molar-refractivity contribution in [1.82, 2.24) is 0 Å². The molecule has 2 heteroatoms. The molecule has 54 valence electrons. The first-order valence-electron chi connectivity index (χ1n) is 3.34. The highest BCUT2D eigenvalue weighted by Crippen LogP contribution is 2.13. The van der Waals surface area contributed by atoms with Crippen LogP contribution >= 0.6 is 12.2 Å². The summed E-state index contributed by atoms with van der Waals surface area (Å²) in [7, 11) is 0. The molecule has 0 radical (unpaired) electrons. The van der Waals surface area contributed by atoms with Crippen molar-refractivity contribution in [3.63, 3.8) is 0 Å². The molecule has 0 N–H and O–H groups in total. The van der Waals surface area contributed by atoms with Gasteiger partial charge in [0.1, 0.15) is 0 Å². The van der Waals surface area contributed by atoms with Crippen LogP contribution in [0.3, 0.4) is 0 Å². The van der Waals surface area contributed by atoms with Gasteiger partial charge in [-0.3, -0.25) is 0 Å². The molecular formula is C9H6OS. The fourth-order valence-electron chi connectivity index (χ4n) is 1.06. The lowest BCUT2D eigenvalue weighted by Gasteiger charge is -1.93. The van der Waals surface area contributed by atoms with Crippen molar-refractivity contribution >= 4 is 23.0 Å². The van der Waals surface area contributed by atoms with Gasteiger partial charge in [0.25, 0.3) is 0 Å². The van der Waals surface area contributed by atoms with Crippen molar-refractivity contribution in [3.8, 4) is 0 Å². The first kappa shape index (κ1) is 6.55. The average Bonchev–Trinajstić information content (AvgIpc) is 2.06. The normalized spacial score (nSPS) is 10.2. The van der Waals surface area contributed by atoms with Gasteiger partial charge in [0.05, 0.1) is 6.26 Å². The van der Waals surface area contributed by atoms with Crippen LogP contribution in [0, 0.1) is 4.71 Å². The third-order valence-corrected chi connectivity index (χ3v) is 1.92. The lowest BCUT2D eigenvalue weighted by molar-refractivity contribution is 0.542. The molecule has 2 rings (SSSR count). The Hall–Kier alpha value is -1.15. The zero-order valence-electron chi connectivity index (χ0n) is 5.78. The summed E-state index contributed by atoms with van der Waals surface area (Å²) in [6.45, 7) is 0. The Morgan fingerprint density at radius 3 is 2.73 bits per heavy atom. The van der Waals surface area contributed by atoms with Crippen LogP contribution in [0.1, 0.15) is 0 Å². The van der Waals surface area contributed by atoms with Crippen LogP contribution in [0.4, 0.5) is 0 Å². The third kappa shape index (κ3) is 1.05. The minimum Gasteiger partial charge on any atom is -0.453 e. The Balaban J connectivity index is 3.03. The molecule has 0 spiro atoms. The Kier molecular flexibility index (Phi) is 1.47. The van der Waals surface area contributed by atoms with Crippen LogP contribution in [-0.2, 0) is 0 Å². The van der Waals surface area contributed by atoms with E-state index in [1.165, 1.54) is 0 Å². The maximum Gasteiger partial charge on any atom is 0.197 e. The molecule has 1 heterocycles. The molecule has 0 aliphatic carbocycles. The topological polar surface area (TPSA) is 13.1 Å². The first-order valence-corrected chi connectivity index (χ1v) is 3.75. The lowest BCUT2D eigenvalue weighted by atomic mass is 10.2. The zero-order chi connectivity index (χ0) is 7.68. The zero-order valence-corrected chi connectivity index (χ0v) is 6.60. The standard InChI is InChI=1S/C9H6OS/c11-9-8-4-2-1-3-7(8)5-6-10-9/h1-6H. The third-order valence-electron chi connectivity index (χ3n) is 1.60. The molecule has 2 aromatic rings. The van der Waals surface area contributed by atoms with Gasteiger partial charge < -0.3 is 4.42 Å². The fraction of sp³-hybridized carbons (Fsp3) is 0. The van der Waals surface area contributed by atoms with E-state index >= 15 is 0 Å². The molecule has 1 nitrogen and oxygen atoms in total. The summed E-state index contributed by atoms with van der Waals surface area (Å²) in [5, 5.41) is 2.13. The second-order valence-corrected chi connectivity index (χ2v) is 2.67. The fourth-order valence-corrected chi connectivity index (χ4v) is 1.30. The van der Waals surface area contributed by atoms with Crippen molar-refractivity contribution in [2.24, 2.45) is 0 Å². The summed E-state index contributed by atoms with van der Waals surface area (Å²) >= 11 is 4.99. The van der Waals surface area contributed by atoms with Gasteiger partial charge in [-0.15, -0.1) is 0 Å². The van der Waals surface area contributed by atoms with E-state index in [0.717, 1.165) is 10.8 Å². The minimum atomic E-state index is 0.558. The number of rotatable bonds is 0. The van der Waals surface area contributed by atoms with Crippen LogP contribution in [0.25, 0.3) is 10.8 Å². The summed E-state index contributed by atoms with van der Waals surface area (Å²) in [6, 6.07) is 9.82. The van der Waals surface area contributed by atoms with Gasteiger partial charge in [-0.05, 0) is 29.7 Å². The van der Waals surface area contributed by atoms with E-state index in [2.05, 4.69) is 0 Å². The van der Waals surface area contributed by atoms with E-state index in [9.17, 15) is 0 Å². The predicted octanol–water partition coefficient (Wildman–Crippen LogP) is 3.16. The number of hydrogen-bond donors (Lipinski definition) is 0. The van der Waals surface area contributed by atoms with Crippen molar-refractivity contribution in [3.05, 3.63) is 41.3 Å². The van der Waals surface area contributed by atoms with Crippen LogP contribution in [0.2, 0.25) is 0 Å². The van der Waals surface area contributed by atoms with Crippen molar-refractivity contribution in [2.45, 2.75) is 0 Å². The van der Waals surface area contributed by atoms with E-state index in [4.69, 9.17) is 16.6 Å². The second kappa shape index (κ2) is 2.47. The summed E-state index contributed by atoms with van der Waals surface area (Å²) in [5.41, 5.74) is 0. The Labute approximate surface area is 69.3 Å². The highest BCUT2D eigenvalue weighted by molar-refractivity contribution is 7.71. The Bertz CT molecular complexity index is 425. The number of benzene rings is 1. The van der Waals surface area contributed by atoms with Crippen LogP contribution < -0.4 is 0 Å². The Morgan fingerprint density at radius 2 is 1.91 bits per heavy atom. The summed E-state index contributed by atoms with van der Waals surface area (Å²) in [6.07, 6.45) is 1.62. The maximum absolute atomic E-state index is 5.06. The summed E-state index contributed by atoms with van der Waals surface area (Å²) < 4.78 is 5.61. The molecule has 0 saturated heterocycles. The molecule has 0 fully saturated rings. The SMILES string of the molecule is S=c1occc2ccccc12. The monoisotopic (exact) mass is 162 g/mol. The summed E-state index contributed by atoms with van der Waals surface area (Å²) in [4.78, 5) is 0. The van der Waals surface area contributed by atoms with Crippen LogP contribution in [0.15, 0.2) is 41.0 Å². The van der Waals surface area contributed by atoms with E-state index in [0.29, 0.717) is 4.71 Å². The largest absolute Gasteiger partial charge is 0.453 e. The van der Waals surface area contributed by atoms with Gasteiger partial charge in [0.15, 0.2) is 4.71 Å². The molecule has 0 bridgehead atoms. The molecule has 0 unspecified atom stereocenters. The lowest BCUT2D eigenvalue weighted by Crippen LogP contribution is -1.70.